The number of nitrogens with zero attached hydrogens (tertiary/aromatic N) is 1. The van der Waals surface area contributed by atoms with E-state index in [0.29, 0.717) is 10.3 Å². The van der Waals surface area contributed by atoms with Crippen LogP contribution in [0.2, 0.25) is 0 Å². The molecule has 1 aromatic carbocycles. The molecule has 0 unspecified atom stereocenters. The van der Waals surface area contributed by atoms with Crippen LogP contribution in [0.5, 0.6) is 0 Å². The van der Waals surface area contributed by atoms with E-state index in [4.69, 9.17) is 0 Å². The quantitative estimate of drug-likeness (QED) is 0.611. The van der Waals surface area contributed by atoms with Gasteiger partial charge in [0.05, 0.1) is 16.7 Å². The molecule has 0 saturated heterocycles. The highest BCUT2D eigenvalue weighted by Crippen LogP contribution is 2.18. The van der Waals surface area contributed by atoms with Crippen molar-refractivity contribution in [1.82, 2.24) is 5.32 Å². The molecule has 0 aliphatic carbocycles. The Bertz CT molecular complexity index is 609. The molecule has 0 radical (unpaired) electrons. The van der Waals surface area contributed by atoms with E-state index in [-0.39, 0.29) is 16.7 Å². The van der Waals surface area contributed by atoms with Crippen LogP contribution in [-0.4, -0.2) is 28.4 Å². The van der Waals surface area contributed by atoms with Gasteiger partial charge in [-0.05, 0) is 45.4 Å². The lowest BCUT2D eigenvalue weighted by Crippen LogP contribution is -2.32. The van der Waals surface area contributed by atoms with E-state index in [1.165, 1.54) is 12.1 Å². The largest absolute Gasteiger partial charge is 0.478 e. The number of carbonyl (C=O) groups is 2. The maximum Gasteiger partial charge on any atom is 0.336 e. The number of benzene rings is 1. The predicted octanol–water partition coefficient (Wildman–Crippen LogP) is 3.87. The molecular formula is C16H21BrN2O3. The first-order valence-electron chi connectivity index (χ1n) is 7.07. The molecule has 6 heteroatoms. The number of carboxylic acid groups (broad SMARTS) is 1. The topological polar surface area (TPSA) is 78.8 Å². The molecule has 0 spiro atoms. The van der Waals surface area contributed by atoms with Crippen LogP contribution in [0.25, 0.3) is 0 Å². The summed E-state index contributed by atoms with van der Waals surface area (Å²) in [4.78, 5) is 28.0. The number of carbonyl (C=O) groups excluding carboxylic acids is 1. The van der Waals surface area contributed by atoms with Crippen LogP contribution in [0.3, 0.4) is 0 Å². The van der Waals surface area contributed by atoms with Crippen LogP contribution in [0.15, 0.2) is 27.7 Å². The van der Waals surface area contributed by atoms with Crippen LogP contribution in [-0.2, 0) is 0 Å². The molecule has 2 N–H and O–H groups in total. The van der Waals surface area contributed by atoms with Crippen LogP contribution in [0.4, 0.5) is 0 Å². The van der Waals surface area contributed by atoms with Crippen molar-refractivity contribution < 1.29 is 14.7 Å². The van der Waals surface area contributed by atoms with Gasteiger partial charge in [-0.2, -0.15) is 0 Å². The molecule has 5 nitrogen and oxygen atoms in total. The minimum atomic E-state index is -1.15. The number of hydrogen-bond acceptors (Lipinski definition) is 3. The zero-order valence-electron chi connectivity index (χ0n) is 13.2. The maximum atomic E-state index is 12.3. The van der Waals surface area contributed by atoms with Gasteiger partial charge in [0.15, 0.2) is 0 Å². The SMILES string of the molecule is CCCC(C)(C)N=C(C)NC(=O)c1ccc(Br)cc1C(=O)O. The molecule has 22 heavy (non-hydrogen) atoms. The molecule has 0 atom stereocenters. The highest BCUT2D eigenvalue weighted by Gasteiger charge is 2.19. The van der Waals surface area contributed by atoms with Gasteiger partial charge in [-0.25, -0.2) is 4.79 Å². The Hall–Kier alpha value is -1.69. The zero-order chi connectivity index (χ0) is 16.9. The lowest BCUT2D eigenvalue weighted by atomic mass is 10.00. The summed E-state index contributed by atoms with van der Waals surface area (Å²) in [7, 11) is 0. The van der Waals surface area contributed by atoms with Crippen molar-refractivity contribution in [2.75, 3.05) is 0 Å². The van der Waals surface area contributed by atoms with Crippen molar-refractivity contribution >= 4 is 33.6 Å². The van der Waals surface area contributed by atoms with Gasteiger partial charge >= 0.3 is 5.97 Å². The second-order valence-electron chi connectivity index (χ2n) is 5.71. The van der Waals surface area contributed by atoms with Crippen molar-refractivity contribution in [2.24, 2.45) is 4.99 Å². The minimum absolute atomic E-state index is 0.0486. The number of rotatable bonds is 5. The van der Waals surface area contributed by atoms with E-state index in [2.05, 4.69) is 33.2 Å². The number of aliphatic imine (C=N–C) groups is 1. The summed E-state index contributed by atoms with van der Waals surface area (Å²) in [6, 6.07) is 4.52. The molecule has 0 fully saturated rings. The molecule has 0 aromatic heterocycles. The average Bonchev–Trinajstić information content (AvgIpc) is 2.36. The lowest BCUT2D eigenvalue weighted by Gasteiger charge is -2.20. The Kier molecular flexibility index (Phi) is 6.29. The summed E-state index contributed by atoms with van der Waals surface area (Å²) in [6.45, 7) is 7.77. The van der Waals surface area contributed by atoms with Gasteiger partial charge in [-0.1, -0.05) is 29.3 Å². The van der Waals surface area contributed by atoms with Gasteiger partial charge in [0.2, 0.25) is 0 Å². The van der Waals surface area contributed by atoms with Crippen LogP contribution in [0, 0.1) is 0 Å². The van der Waals surface area contributed by atoms with Gasteiger partial charge in [0, 0.05) is 4.47 Å². The Morgan fingerprint density at radius 1 is 1.32 bits per heavy atom. The summed E-state index contributed by atoms with van der Waals surface area (Å²) >= 11 is 3.20. The lowest BCUT2D eigenvalue weighted by molar-refractivity contribution is 0.0691. The molecule has 1 aromatic rings. The smallest absolute Gasteiger partial charge is 0.336 e. The Labute approximate surface area is 139 Å². The number of carboxylic acids is 1. The first-order valence-corrected chi connectivity index (χ1v) is 7.86. The highest BCUT2D eigenvalue weighted by atomic mass is 79.9. The average molecular weight is 369 g/mol. The van der Waals surface area contributed by atoms with E-state index < -0.39 is 11.9 Å². The van der Waals surface area contributed by atoms with Gasteiger partial charge in [-0.3, -0.25) is 9.79 Å². The molecule has 0 aliphatic rings. The van der Waals surface area contributed by atoms with Crippen LogP contribution in [0.1, 0.15) is 61.3 Å². The fourth-order valence-electron chi connectivity index (χ4n) is 2.27. The Balaban J connectivity index is 2.99. The number of nitrogens with one attached hydrogen (secondary N) is 1. The monoisotopic (exact) mass is 368 g/mol. The first-order chi connectivity index (χ1) is 10.2. The number of aromatic carboxylic acids is 1. The van der Waals surface area contributed by atoms with Gasteiger partial charge < -0.3 is 10.4 Å². The maximum absolute atomic E-state index is 12.3. The van der Waals surface area contributed by atoms with E-state index in [9.17, 15) is 14.7 Å². The predicted molar refractivity (Wildman–Crippen MR) is 90.7 cm³/mol. The molecule has 0 aliphatic heterocycles. The van der Waals surface area contributed by atoms with E-state index in [0.717, 1.165) is 12.8 Å². The minimum Gasteiger partial charge on any atom is -0.478 e. The van der Waals surface area contributed by atoms with E-state index in [1.54, 1.807) is 13.0 Å². The third-order valence-electron chi connectivity index (χ3n) is 3.08. The van der Waals surface area contributed by atoms with Gasteiger partial charge in [-0.15, -0.1) is 0 Å². The van der Waals surface area contributed by atoms with Crippen molar-refractivity contribution in [3.8, 4) is 0 Å². The van der Waals surface area contributed by atoms with Crippen molar-refractivity contribution in [3.05, 3.63) is 33.8 Å². The molecule has 0 bridgehead atoms. The Morgan fingerprint density at radius 3 is 2.50 bits per heavy atom. The summed E-state index contributed by atoms with van der Waals surface area (Å²) in [5, 5.41) is 11.9. The summed E-state index contributed by atoms with van der Waals surface area (Å²) < 4.78 is 0.607. The van der Waals surface area contributed by atoms with Crippen LogP contribution >= 0.6 is 15.9 Å². The second-order valence-corrected chi connectivity index (χ2v) is 6.62. The Morgan fingerprint density at radius 2 is 1.95 bits per heavy atom. The molecule has 0 saturated carbocycles. The van der Waals surface area contributed by atoms with E-state index >= 15 is 0 Å². The molecule has 1 amide bonds. The normalized spacial score (nSPS) is 12.1. The summed E-state index contributed by atoms with van der Waals surface area (Å²) in [5.41, 5.74) is -0.201. The van der Waals surface area contributed by atoms with Crippen molar-refractivity contribution in [2.45, 2.75) is 46.1 Å². The molecule has 1 rings (SSSR count). The van der Waals surface area contributed by atoms with Crippen molar-refractivity contribution in [1.29, 1.82) is 0 Å². The first kappa shape index (κ1) is 18.4. The molecule has 120 valence electrons. The fourth-order valence-corrected chi connectivity index (χ4v) is 2.63. The number of halogens is 1. The number of amides is 1. The van der Waals surface area contributed by atoms with Gasteiger partial charge in [0.25, 0.3) is 5.91 Å². The van der Waals surface area contributed by atoms with Gasteiger partial charge in [0.1, 0.15) is 5.84 Å². The summed E-state index contributed by atoms with van der Waals surface area (Å²) in [5.74, 6) is -1.14. The highest BCUT2D eigenvalue weighted by molar-refractivity contribution is 9.10. The number of hydrogen-bond donors (Lipinski definition) is 2. The zero-order valence-corrected chi connectivity index (χ0v) is 14.8. The second kappa shape index (κ2) is 7.54. The third kappa shape index (κ3) is 5.26. The summed E-state index contributed by atoms with van der Waals surface area (Å²) in [6.07, 6.45) is 1.90. The van der Waals surface area contributed by atoms with E-state index in [1.807, 2.05) is 13.8 Å². The number of amidine groups is 1. The third-order valence-corrected chi connectivity index (χ3v) is 3.58. The van der Waals surface area contributed by atoms with Crippen LogP contribution < -0.4 is 5.32 Å². The standard InChI is InChI=1S/C16H21BrN2O3/c1-5-8-16(3,4)19-10(2)18-14(20)12-7-6-11(17)9-13(12)15(21)22/h6-7,9H,5,8H2,1-4H3,(H,21,22)(H,18,19,20). The molecular weight excluding hydrogens is 348 g/mol. The van der Waals surface area contributed by atoms with Crippen molar-refractivity contribution in [3.63, 3.8) is 0 Å². The fraction of sp³-hybridized carbons (Fsp3) is 0.438. The molecule has 0 heterocycles.